The molecule has 32 heavy (non-hydrogen) atoms. The van der Waals surface area contributed by atoms with E-state index >= 15 is 0 Å². The van der Waals surface area contributed by atoms with Gasteiger partial charge in [-0.15, -0.1) is 0 Å². The number of piperidine rings is 2. The van der Waals surface area contributed by atoms with Gasteiger partial charge in [-0.25, -0.2) is 0 Å². The second-order valence-corrected chi connectivity index (χ2v) is 10.4. The first-order chi connectivity index (χ1) is 15.7. The Hall–Kier alpha value is -2.32. The number of carbonyl (C=O) groups is 2. The van der Waals surface area contributed by atoms with Crippen molar-refractivity contribution in [2.24, 2.45) is 9.98 Å². The van der Waals surface area contributed by atoms with Gasteiger partial charge in [-0.1, -0.05) is 18.2 Å². The number of hydrogen-bond acceptors (Lipinski definition) is 6. The number of amides is 2. The van der Waals surface area contributed by atoms with Gasteiger partial charge in [0, 0.05) is 26.2 Å². The van der Waals surface area contributed by atoms with Crippen LogP contribution in [-0.4, -0.2) is 58.1 Å². The van der Waals surface area contributed by atoms with Gasteiger partial charge < -0.3 is 9.80 Å². The number of aliphatic imine (C=N–C) groups is 2. The predicted molar refractivity (Wildman–Crippen MR) is 133 cm³/mol. The molecule has 166 valence electrons. The zero-order valence-electron chi connectivity index (χ0n) is 18.0. The van der Waals surface area contributed by atoms with Crippen LogP contribution in [0.3, 0.4) is 0 Å². The Morgan fingerprint density at radius 2 is 1.12 bits per heavy atom. The summed E-state index contributed by atoms with van der Waals surface area (Å²) in [6.45, 7) is 3.90. The molecular weight excluding hydrogens is 440 g/mol. The lowest BCUT2D eigenvalue weighted by Gasteiger charge is -2.27. The van der Waals surface area contributed by atoms with Crippen molar-refractivity contribution in [3.8, 4) is 0 Å². The third-order valence-electron chi connectivity index (χ3n) is 5.98. The average molecular weight is 467 g/mol. The van der Waals surface area contributed by atoms with Gasteiger partial charge in [-0.2, -0.15) is 9.98 Å². The molecule has 6 nitrogen and oxygen atoms in total. The SMILES string of the molecule is O=C1N=C(N2CCCCC2)S/C1=C\c1cccc(/C=C2\SC(N3CCCCC3)=NC2=O)c1. The van der Waals surface area contributed by atoms with Crippen LogP contribution in [0.5, 0.6) is 0 Å². The molecule has 0 aromatic heterocycles. The van der Waals surface area contributed by atoms with Gasteiger partial charge in [0.1, 0.15) is 0 Å². The second-order valence-electron chi connectivity index (χ2n) is 8.39. The van der Waals surface area contributed by atoms with Crippen LogP contribution in [-0.2, 0) is 9.59 Å². The highest BCUT2D eigenvalue weighted by Crippen LogP contribution is 2.33. The first-order valence-electron chi connectivity index (χ1n) is 11.3. The third kappa shape index (κ3) is 4.86. The molecule has 2 fully saturated rings. The number of amidine groups is 2. The van der Waals surface area contributed by atoms with Crippen LogP contribution in [0.1, 0.15) is 49.7 Å². The highest BCUT2D eigenvalue weighted by molar-refractivity contribution is 8.18. The molecule has 0 saturated carbocycles. The van der Waals surface area contributed by atoms with Crippen LogP contribution >= 0.6 is 23.5 Å². The molecule has 4 aliphatic heterocycles. The average Bonchev–Trinajstić information content (AvgIpc) is 3.37. The van der Waals surface area contributed by atoms with Gasteiger partial charge in [0.15, 0.2) is 10.3 Å². The molecule has 5 rings (SSSR count). The third-order valence-corrected chi connectivity index (χ3v) is 8.07. The van der Waals surface area contributed by atoms with Crippen molar-refractivity contribution >= 4 is 57.8 Å². The van der Waals surface area contributed by atoms with Crippen LogP contribution in [0.2, 0.25) is 0 Å². The lowest BCUT2D eigenvalue weighted by atomic mass is 10.1. The number of nitrogens with zero attached hydrogens (tertiary/aromatic N) is 4. The largest absolute Gasteiger partial charge is 0.351 e. The number of rotatable bonds is 2. The lowest BCUT2D eigenvalue weighted by molar-refractivity contribution is -0.114. The number of thioether (sulfide) groups is 2. The van der Waals surface area contributed by atoms with Crippen LogP contribution in [0, 0.1) is 0 Å². The maximum absolute atomic E-state index is 12.4. The smallest absolute Gasteiger partial charge is 0.286 e. The Morgan fingerprint density at radius 3 is 1.56 bits per heavy atom. The lowest BCUT2D eigenvalue weighted by Crippen LogP contribution is -2.33. The van der Waals surface area contributed by atoms with E-state index in [0.717, 1.165) is 73.3 Å². The molecule has 0 atom stereocenters. The van der Waals surface area contributed by atoms with E-state index in [1.165, 1.54) is 36.4 Å². The van der Waals surface area contributed by atoms with E-state index in [0.29, 0.717) is 9.81 Å². The Balaban J connectivity index is 1.28. The monoisotopic (exact) mass is 466 g/mol. The van der Waals surface area contributed by atoms with Crippen molar-refractivity contribution in [2.75, 3.05) is 26.2 Å². The first kappa shape index (κ1) is 21.5. The van der Waals surface area contributed by atoms with Gasteiger partial charge in [-0.3, -0.25) is 9.59 Å². The minimum absolute atomic E-state index is 0.166. The number of benzene rings is 1. The molecule has 1 aromatic rings. The molecule has 8 heteroatoms. The van der Waals surface area contributed by atoms with Crippen molar-refractivity contribution in [3.63, 3.8) is 0 Å². The topological polar surface area (TPSA) is 65.3 Å². The van der Waals surface area contributed by atoms with E-state index in [9.17, 15) is 9.59 Å². The summed E-state index contributed by atoms with van der Waals surface area (Å²) in [5.41, 5.74) is 1.86. The van der Waals surface area contributed by atoms with Crippen molar-refractivity contribution in [1.82, 2.24) is 9.80 Å². The van der Waals surface area contributed by atoms with Crippen LogP contribution < -0.4 is 0 Å². The molecule has 0 N–H and O–H groups in total. The van der Waals surface area contributed by atoms with Crippen LogP contribution in [0.4, 0.5) is 0 Å². The summed E-state index contributed by atoms with van der Waals surface area (Å²) in [5.74, 6) is -0.333. The number of carbonyl (C=O) groups excluding carboxylic acids is 2. The molecule has 0 aliphatic carbocycles. The molecular formula is C24H26N4O2S2. The van der Waals surface area contributed by atoms with E-state index in [2.05, 4.69) is 19.8 Å². The van der Waals surface area contributed by atoms with E-state index < -0.39 is 0 Å². The predicted octanol–water partition coefficient (Wildman–Crippen LogP) is 4.60. The molecule has 2 amide bonds. The minimum atomic E-state index is -0.166. The summed E-state index contributed by atoms with van der Waals surface area (Å²) < 4.78 is 0. The molecule has 0 unspecified atom stereocenters. The zero-order valence-corrected chi connectivity index (χ0v) is 19.6. The summed E-state index contributed by atoms with van der Waals surface area (Å²) in [5, 5.41) is 1.66. The molecule has 0 spiro atoms. The summed E-state index contributed by atoms with van der Waals surface area (Å²) in [6.07, 6.45) is 10.9. The molecule has 4 aliphatic rings. The Labute approximate surface area is 196 Å². The van der Waals surface area contributed by atoms with Crippen molar-refractivity contribution < 1.29 is 9.59 Å². The summed E-state index contributed by atoms with van der Waals surface area (Å²) in [7, 11) is 0. The fourth-order valence-electron chi connectivity index (χ4n) is 4.28. The number of likely N-dealkylation sites (tertiary alicyclic amines) is 2. The molecule has 4 heterocycles. The molecule has 2 saturated heterocycles. The maximum Gasteiger partial charge on any atom is 0.286 e. The van der Waals surface area contributed by atoms with Crippen molar-refractivity contribution in [1.29, 1.82) is 0 Å². The summed E-state index contributed by atoms with van der Waals surface area (Å²) in [4.78, 5) is 39.2. The highest BCUT2D eigenvalue weighted by atomic mass is 32.2. The maximum atomic E-state index is 12.4. The van der Waals surface area contributed by atoms with Crippen molar-refractivity contribution in [2.45, 2.75) is 38.5 Å². The van der Waals surface area contributed by atoms with Gasteiger partial charge in [0.2, 0.25) is 0 Å². The standard InChI is InChI=1S/C24H26N4O2S2/c29-21-19(31-23(25-21)27-10-3-1-4-11-27)15-17-8-7-9-18(14-17)16-20-22(30)26-24(32-20)28-12-5-2-6-13-28/h7-9,14-16H,1-6,10-13H2/b19-15-,20-16-. The normalized spacial score (nSPS) is 24.5. The minimum Gasteiger partial charge on any atom is -0.351 e. The Kier molecular flexibility index (Phi) is 6.50. The van der Waals surface area contributed by atoms with E-state index in [1.807, 2.05) is 36.4 Å². The van der Waals surface area contributed by atoms with Crippen LogP contribution in [0.25, 0.3) is 12.2 Å². The van der Waals surface area contributed by atoms with E-state index in [4.69, 9.17) is 0 Å². The summed E-state index contributed by atoms with van der Waals surface area (Å²) >= 11 is 2.93. The van der Waals surface area contributed by atoms with Gasteiger partial charge >= 0.3 is 0 Å². The quantitative estimate of drug-likeness (QED) is 0.594. The zero-order chi connectivity index (χ0) is 21.9. The molecule has 1 aromatic carbocycles. The number of hydrogen-bond donors (Lipinski definition) is 0. The molecule has 0 radical (unpaired) electrons. The Bertz CT molecular complexity index is 969. The fourth-order valence-corrected chi connectivity index (χ4v) is 6.21. The first-order valence-corrected chi connectivity index (χ1v) is 12.9. The van der Waals surface area contributed by atoms with Crippen molar-refractivity contribution in [3.05, 3.63) is 45.2 Å². The van der Waals surface area contributed by atoms with Gasteiger partial charge in [0.25, 0.3) is 11.8 Å². The van der Waals surface area contributed by atoms with Crippen LogP contribution in [0.15, 0.2) is 44.1 Å². The van der Waals surface area contributed by atoms with E-state index in [1.54, 1.807) is 0 Å². The summed E-state index contributed by atoms with van der Waals surface area (Å²) in [6, 6.07) is 7.90. The van der Waals surface area contributed by atoms with E-state index in [-0.39, 0.29) is 11.8 Å². The highest BCUT2D eigenvalue weighted by Gasteiger charge is 2.28. The molecule has 0 bridgehead atoms. The second kappa shape index (κ2) is 9.67. The van der Waals surface area contributed by atoms with Gasteiger partial charge in [0.05, 0.1) is 9.81 Å². The Morgan fingerprint density at radius 1 is 0.688 bits per heavy atom. The fraction of sp³-hybridized carbons (Fsp3) is 0.417. The van der Waals surface area contributed by atoms with Gasteiger partial charge in [-0.05, 0) is 91.4 Å².